The Hall–Kier alpha value is -2.93. The second-order valence-corrected chi connectivity index (χ2v) is 8.53. The number of nitrogens with one attached hydrogen (secondary N) is 1. The van der Waals surface area contributed by atoms with Gasteiger partial charge in [-0.05, 0) is 41.5 Å². The molecule has 1 aromatic carbocycles. The number of hydrogen-bond acceptors (Lipinski definition) is 4. The lowest BCUT2D eigenvalue weighted by molar-refractivity contribution is -0.134. The average Bonchev–Trinajstić information content (AvgIpc) is 3.46. The minimum atomic E-state index is -0.271. The molecule has 3 aromatic rings. The highest BCUT2D eigenvalue weighted by atomic mass is 32.1. The molecule has 1 saturated heterocycles. The van der Waals surface area contributed by atoms with Crippen LogP contribution in [-0.4, -0.2) is 58.0 Å². The average molecular weight is 423 g/mol. The van der Waals surface area contributed by atoms with Crippen molar-refractivity contribution in [2.24, 2.45) is 5.92 Å². The predicted octanol–water partition coefficient (Wildman–Crippen LogP) is 3.69. The van der Waals surface area contributed by atoms with E-state index >= 15 is 0 Å². The molecule has 30 heavy (non-hydrogen) atoms. The normalized spacial score (nSPS) is 17.2. The molecule has 6 nitrogen and oxygen atoms in total. The van der Waals surface area contributed by atoms with Crippen molar-refractivity contribution in [3.63, 3.8) is 0 Å². The maximum Gasteiger partial charge on any atom is 0.271 e. The maximum absolute atomic E-state index is 13.4. The number of hydrogen-bond donors (Lipinski definition) is 1. The van der Waals surface area contributed by atoms with Gasteiger partial charge in [-0.2, -0.15) is 5.10 Å². The van der Waals surface area contributed by atoms with Gasteiger partial charge in [0.05, 0.1) is 5.92 Å². The fourth-order valence-corrected chi connectivity index (χ4v) is 4.84. The molecule has 0 aliphatic carbocycles. The smallest absolute Gasteiger partial charge is 0.271 e. The number of H-pyrrole nitrogens is 1. The molecule has 1 atom stereocenters. The SMILES string of the molecule is CCCN1CCN(C(=O)c2ccn[nH]2)C[C@@H](Cc2ccccc2-c2cccs2)C1=O. The Labute approximate surface area is 180 Å². The summed E-state index contributed by atoms with van der Waals surface area (Å²) in [5.74, 6) is -0.236. The molecule has 1 fully saturated rings. The lowest BCUT2D eigenvalue weighted by Gasteiger charge is -2.24. The summed E-state index contributed by atoms with van der Waals surface area (Å²) < 4.78 is 0. The number of rotatable bonds is 6. The van der Waals surface area contributed by atoms with E-state index in [0.29, 0.717) is 38.3 Å². The van der Waals surface area contributed by atoms with Crippen LogP contribution in [0.15, 0.2) is 54.0 Å². The molecule has 0 bridgehead atoms. The zero-order valence-electron chi connectivity index (χ0n) is 17.1. The van der Waals surface area contributed by atoms with Crippen molar-refractivity contribution in [3.05, 3.63) is 65.3 Å². The van der Waals surface area contributed by atoms with E-state index < -0.39 is 0 Å². The fraction of sp³-hybridized carbons (Fsp3) is 0.348. The highest BCUT2D eigenvalue weighted by Crippen LogP contribution is 2.30. The summed E-state index contributed by atoms with van der Waals surface area (Å²) in [5.41, 5.74) is 2.77. The quantitative estimate of drug-likeness (QED) is 0.659. The number of benzene rings is 1. The highest BCUT2D eigenvalue weighted by molar-refractivity contribution is 7.13. The van der Waals surface area contributed by atoms with E-state index in [9.17, 15) is 9.59 Å². The Morgan fingerprint density at radius 1 is 1.20 bits per heavy atom. The van der Waals surface area contributed by atoms with Gasteiger partial charge in [0, 0.05) is 37.3 Å². The van der Waals surface area contributed by atoms with Crippen molar-refractivity contribution in [3.8, 4) is 10.4 Å². The van der Waals surface area contributed by atoms with Crippen LogP contribution in [0.25, 0.3) is 10.4 Å². The number of carbonyl (C=O) groups is 2. The van der Waals surface area contributed by atoms with Crippen LogP contribution >= 0.6 is 11.3 Å². The molecule has 1 aliphatic heterocycles. The van der Waals surface area contributed by atoms with Crippen LogP contribution in [0.5, 0.6) is 0 Å². The van der Waals surface area contributed by atoms with Crippen LogP contribution in [0.3, 0.4) is 0 Å². The first-order valence-corrected chi connectivity index (χ1v) is 11.2. The summed E-state index contributed by atoms with van der Waals surface area (Å²) in [7, 11) is 0. The molecule has 0 radical (unpaired) electrons. The fourth-order valence-electron chi connectivity index (χ4n) is 4.05. The minimum Gasteiger partial charge on any atom is -0.341 e. The molecule has 0 saturated carbocycles. The number of aromatic nitrogens is 2. The van der Waals surface area contributed by atoms with Crippen molar-refractivity contribution in [1.82, 2.24) is 20.0 Å². The Morgan fingerprint density at radius 2 is 2.07 bits per heavy atom. The predicted molar refractivity (Wildman–Crippen MR) is 118 cm³/mol. The third-order valence-corrected chi connectivity index (χ3v) is 6.43. The van der Waals surface area contributed by atoms with E-state index in [0.717, 1.165) is 17.5 Å². The van der Waals surface area contributed by atoms with Gasteiger partial charge in [0.25, 0.3) is 5.91 Å². The first-order valence-electron chi connectivity index (χ1n) is 10.4. The van der Waals surface area contributed by atoms with Gasteiger partial charge in [-0.25, -0.2) is 0 Å². The van der Waals surface area contributed by atoms with Crippen LogP contribution in [0.2, 0.25) is 0 Å². The van der Waals surface area contributed by atoms with Gasteiger partial charge in [-0.1, -0.05) is 37.3 Å². The molecule has 2 amide bonds. The number of carbonyl (C=O) groups excluding carboxylic acids is 2. The van der Waals surface area contributed by atoms with Crippen LogP contribution in [0.1, 0.15) is 29.4 Å². The molecular weight excluding hydrogens is 396 g/mol. The molecule has 7 heteroatoms. The molecule has 1 N–H and O–H groups in total. The molecule has 1 aliphatic rings. The van der Waals surface area contributed by atoms with E-state index in [4.69, 9.17) is 0 Å². The highest BCUT2D eigenvalue weighted by Gasteiger charge is 2.33. The molecular formula is C23H26N4O2S. The van der Waals surface area contributed by atoms with E-state index in [1.165, 1.54) is 4.88 Å². The second-order valence-electron chi connectivity index (χ2n) is 7.58. The van der Waals surface area contributed by atoms with Gasteiger partial charge in [0.1, 0.15) is 5.69 Å². The van der Waals surface area contributed by atoms with Crippen LogP contribution in [0.4, 0.5) is 0 Å². The first kappa shape index (κ1) is 20.3. The number of thiophene rings is 1. The van der Waals surface area contributed by atoms with Gasteiger partial charge in [-0.3, -0.25) is 14.7 Å². The first-order chi connectivity index (χ1) is 14.7. The van der Waals surface area contributed by atoms with E-state index in [1.54, 1.807) is 28.5 Å². The Morgan fingerprint density at radius 3 is 2.80 bits per heavy atom. The molecule has 0 spiro atoms. The number of nitrogens with zero attached hydrogens (tertiary/aromatic N) is 3. The van der Waals surface area contributed by atoms with E-state index in [1.807, 2.05) is 23.1 Å². The van der Waals surface area contributed by atoms with E-state index in [-0.39, 0.29) is 17.7 Å². The lowest BCUT2D eigenvalue weighted by atomic mass is 9.93. The van der Waals surface area contributed by atoms with Crippen LogP contribution < -0.4 is 0 Å². The summed E-state index contributed by atoms with van der Waals surface area (Å²) in [6.07, 6.45) is 3.09. The van der Waals surface area contributed by atoms with Gasteiger partial charge in [-0.15, -0.1) is 11.3 Å². The van der Waals surface area contributed by atoms with Crippen molar-refractivity contribution < 1.29 is 9.59 Å². The van der Waals surface area contributed by atoms with Crippen molar-refractivity contribution in [2.45, 2.75) is 19.8 Å². The molecule has 0 unspecified atom stereocenters. The number of amides is 2. The topological polar surface area (TPSA) is 69.3 Å². The zero-order valence-corrected chi connectivity index (χ0v) is 17.9. The van der Waals surface area contributed by atoms with Crippen molar-refractivity contribution in [1.29, 1.82) is 0 Å². The van der Waals surface area contributed by atoms with Gasteiger partial charge >= 0.3 is 0 Å². The van der Waals surface area contributed by atoms with Gasteiger partial charge in [0.2, 0.25) is 5.91 Å². The molecule has 156 valence electrons. The monoisotopic (exact) mass is 422 g/mol. The summed E-state index contributed by atoms with van der Waals surface area (Å²) in [6, 6.07) is 14.1. The van der Waals surface area contributed by atoms with Crippen LogP contribution in [-0.2, 0) is 11.2 Å². The van der Waals surface area contributed by atoms with Crippen molar-refractivity contribution in [2.75, 3.05) is 26.2 Å². The Balaban J connectivity index is 1.62. The molecule has 2 aromatic heterocycles. The summed E-state index contributed by atoms with van der Waals surface area (Å²) >= 11 is 1.70. The number of aromatic amines is 1. The molecule has 3 heterocycles. The third kappa shape index (κ3) is 4.31. The Bertz CT molecular complexity index is 985. The lowest BCUT2D eigenvalue weighted by Crippen LogP contribution is -2.38. The zero-order chi connectivity index (χ0) is 20.9. The van der Waals surface area contributed by atoms with Crippen molar-refractivity contribution >= 4 is 23.2 Å². The van der Waals surface area contributed by atoms with Crippen LogP contribution in [0, 0.1) is 5.92 Å². The minimum absolute atomic E-state index is 0.102. The summed E-state index contributed by atoms with van der Waals surface area (Å²) in [6.45, 7) is 4.30. The summed E-state index contributed by atoms with van der Waals surface area (Å²) in [5, 5.41) is 8.72. The molecule has 4 rings (SSSR count). The largest absolute Gasteiger partial charge is 0.341 e. The standard InChI is InChI=1S/C23H26N4O2S/c1-2-11-26-12-13-27(23(29)20-9-10-24-25-20)16-18(22(26)28)15-17-6-3-4-7-19(17)21-8-5-14-30-21/h3-10,14,18H,2,11-13,15-16H2,1H3,(H,24,25)/t18-/m1/s1. The van der Waals surface area contributed by atoms with Gasteiger partial charge in [0.15, 0.2) is 0 Å². The second kappa shape index (κ2) is 9.26. The third-order valence-electron chi connectivity index (χ3n) is 5.52. The van der Waals surface area contributed by atoms with Gasteiger partial charge < -0.3 is 9.80 Å². The van der Waals surface area contributed by atoms with E-state index in [2.05, 4.69) is 40.7 Å². The summed E-state index contributed by atoms with van der Waals surface area (Å²) in [4.78, 5) is 31.2. The maximum atomic E-state index is 13.4. The Kier molecular flexibility index (Phi) is 6.28.